The maximum Gasteiger partial charge on any atom is 0.308 e. The van der Waals surface area contributed by atoms with E-state index in [9.17, 15) is 4.79 Å². The van der Waals surface area contributed by atoms with Gasteiger partial charge >= 0.3 is 5.97 Å². The lowest BCUT2D eigenvalue weighted by Gasteiger charge is -2.33. The minimum Gasteiger partial charge on any atom is -0.469 e. The van der Waals surface area contributed by atoms with Crippen LogP contribution in [0.25, 0.3) is 22.3 Å². The Labute approximate surface area is 169 Å². The summed E-state index contributed by atoms with van der Waals surface area (Å²) in [5.41, 5.74) is 4.88. The van der Waals surface area contributed by atoms with Crippen LogP contribution in [0, 0.1) is 5.92 Å². The van der Waals surface area contributed by atoms with E-state index in [1.54, 1.807) is 0 Å². The third kappa shape index (κ3) is 3.51. The van der Waals surface area contributed by atoms with Crippen LogP contribution in [0.4, 0.5) is 0 Å². The lowest BCUT2D eigenvalue weighted by Crippen LogP contribution is -2.33. The Balaban J connectivity index is 1.33. The molecule has 150 valence electrons. The molecular formula is C22H24N4O3. The number of aromatic nitrogens is 4. The molecule has 0 unspecified atom stereocenters. The first-order chi connectivity index (χ1) is 14.2. The van der Waals surface area contributed by atoms with E-state index in [1.165, 1.54) is 12.7 Å². The van der Waals surface area contributed by atoms with Crippen molar-refractivity contribution in [2.45, 2.75) is 37.6 Å². The van der Waals surface area contributed by atoms with E-state index in [0.29, 0.717) is 5.92 Å². The summed E-state index contributed by atoms with van der Waals surface area (Å²) in [5, 5.41) is 4.47. The first-order valence-corrected chi connectivity index (χ1v) is 10.2. The van der Waals surface area contributed by atoms with Gasteiger partial charge in [0.05, 0.1) is 48.2 Å². The summed E-state index contributed by atoms with van der Waals surface area (Å²) in [7, 11) is 1.44. The predicted molar refractivity (Wildman–Crippen MR) is 107 cm³/mol. The van der Waals surface area contributed by atoms with E-state index in [-0.39, 0.29) is 17.9 Å². The number of carbonyl (C=O) groups excluding carboxylic acids is 1. The molecule has 3 heterocycles. The monoisotopic (exact) mass is 392 g/mol. The maximum atomic E-state index is 11.6. The van der Waals surface area contributed by atoms with Crippen molar-refractivity contribution in [3.05, 3.63) is 42.4 Å². The highest BCUT2D eigenvalue weighted by molar-refractivity contribution is 5.77. The fourth-order valence-electron chi connectivity index (χ4n) is 4.28. The topological polar surface area (TPSA) is 79.1 Å². The van der Waals surface area contributed by atoms with Crippen LogP contribution in [0.2, 0.25) is 0 Å². The van der Waals surface area contributed by atoms with Gasteiger partial charge in [-0.25, -0.2) is 4.98 Å². The highest BCUT2D eigenvalue weighted by Crippen LogP contribution is 2.38. The number of hydrogen-bond acceptors (Lipinski definition) is 6. The zero-order valence-corrected chi connectivity index (χ0v) is 16.5. The Morgan fingerprint density at radius 2 is 2.00 bits per heavy atom. The summed E-state index contributed by atoms with van der Waals surface area (Å²) in [6.45, 7) is 1.66. The zero-order valence-electron chi connectivity index (χ0n) is 16.5. The van der Waals surface area contributed by atoms with Crippen LogP contribution in [-0.2, 0) is 14.3 Å². The summed E-state index contributed by atoms with van der Waals surface area (Å²) in [5.74, 6) is 0.404. The van der Waals surface area contributed by atoms with Crippen molar-refractivity contribution in [3.63, 3.8) is 0 Å². The Kier molecular flexibility index (Phi) is 4.75. The summed E-state index contributed by atoms with van der Waals surface area (Å²) >= 11 is 0. The molecule has 7 nitrogen and oxygen atoms in total. The van der Waals surface area contributed by atoms with E-state index in [1.807, 2.05) is 23.3 Å². The van der Waals surface area contributed by atoms with Crippen molar-refractivity contribution >= 4 is 17.0 Å². The molecule has 0 amide bonds. The van der Waals surface area contributed by atoms with Crippen molar-refractivity contribution in [2.75, 3.05) is 20.3 Å². The SMILES string of the molecule is COC(=O)C1CC(n2cc(-c3cnc4cc(C5CCOCC5)ccc4n3)cn2)C1. The van der Waals surface area contributed by atoms with Gasteiger partial charge in [-0.05, 0) is 49.3 Å². The number of ether oxygens (including phenoxy) is 2. The third-order valence-corrected chi connectivity index (χ3v) is 6.18. The van der Waals surface area contributed by atoms with Crippen LogP contribution in [0.3, 0.4) is 0 Å². The van der Waals surface area contributed by atoms with Crippen LogP contribution in [-0.4, -0.2) is 46.0 Å². The number of benzene rings is 1. The van der Waals surface area contributed by atoms with E-state index >= 15 is 0 Å². The minimum absolute atomic E-state index is 0.0111. The zero-order chi connectivity index (χ0) is 19.8. The molecule has 3 aromatic rings. The van der Waals surface area contributed by atoms with Gasteiger partial charge in [0.15, 0.2) is 0 Å². The molecule has 2 fully saturated rings. The quantitative estimate of drug-likeness (QED) is 0.632. The van der Waals surface area contributed by atoms with Crippen molar-refractivity contribution < 1.29 is 14.3 Å². The predicted octanol–water partition coefficient (Wildman–Crippen LogP) is 3.51. The highest BCUT2D eigenvalue weighted by Gasteiger charge is 2.36. The Hall–Kier alpha value is -2.80. The molecule has 7 heteroatoms. The van der Waals surface area contributed by atoms with Gasteiger partial charge < -0.3 is 9.47 Å². The van der Waals surface area contributed by atoms with Gasteiger partial charge in [-0.15, -0.1) is 0 Å². The van der Waals surface area contributed by atoms with Gasteiger partial charge in [0.2, 0.25) is 0 Å². The smallest absolute Gasteiger partial charge is 0.308 e. The number of fused-ring (bicyclic) bond motifs is 1. The molecule has 1 aliphatic carbocycles. The number of nitrogens with zero attached hydrogens (tertiary/aromatic N) is 4. The average Bonchev–Trinajstić information content (AvgIpc) is 3.22. The third-order valence-electron chi connectivity index (χ3n) is 6.18. The Bertz CT molecular complexity index is 1040. The van der Waals surface area contributed by atoms with Gasteiger partial charge in [-0.3, -0.25) is 14.5 Å². The molecule has 2 aliphatic rings. The molecule has 0 bridgehead atoms. The van der Waals surface area contributed by atoms with Gasteiger partial charge in [-0.1, -0.05) is 6.07 Å². The number of methoxy groups -OCH3 is 1. The van der Waals surface area contributed by atoms with Crippen LogP contribution < -0.4 is 0 Å². The molecule has 1 aromatic carbocycles. The Morgan fingerprint density at radius 3 is 2.79 bits per heavy atom. The molecule has 0 N–H and O–H groups in total. The molecule has 5 rings (SSSR count). The van der Waals surface area contributed by atoms with E-state index in [0.717, 1.165) is 61.2 Å². The molecule has 1 saturated heterocycles. The van der Waals surface area contributed by atoms with Crippen molar-refractivity contribution in [1.82, 2.24) is 19.7 Å². The van der Waals surface area contributed by atoms with Crippen molar-refractivity contribution in [3.8, 4) is 11.3 Å². The molecular weight excluding hydrogens is 368 g/mol. The number of rotatable bonds is 4. The van der Waals surface area contributed by atoms with Gasteiger partial charge in [-0.2, -0.15) is 5.10 Å². The summed E-state index contributed by atoms with van der Waals surface area (Å²) in [6, 6.07) is 6.63. The van der Waals surface area contributed by atoms with Crippen LogP contribution in [0.1, 0.15) is 43.2 Å². The standard InChI is InChI=1S/C22H24N4O3/c1-28-22(27)16-8-18(9-16)26-13-17(11-24-26)21-12-23-20-10-15(2-3-19(20)25-21)14-4-6-29-7-5-14/h2-3,10-14,16,18H,4-9H2,1H3. The molecule has 1 aliphatic heterocycles. The lowest BCUT2D eigenvalue weighted by atomic mass is 9.80. The van der Waals surface area contributed by atoms with Crippen LogP contribution in [0.15, 0.2) is 36.8 Å². The van der Waals surface area contributed by atoms with Gasteiger partial charge in [0.25, 0.3) is 0 Å². The first-order valence-electron chi connectivity index (χ1n) is 10.2. The van der Waals surface area contributed by atoms with Crippen molar-refractivity contribution in [2.24, 2.45) is 5.92 Å². The Morgan fingerprint density at radius 1 is 1.17 bits per heavy atom. The normalized spacial score (nSPS) is 22.4. The van der Waals surface area contributed by atoms with E-state index in [4.69, 9.17) is 14.5 Å². The van der Waals surface area contributed by atoms with E-state index in [2.05, 4.69) is 28.3 Å². The van der Waals surface area contributed by atoms with Gasteiger partial charge in [0, 0.05) is 25.0 Å². The summed E-state index contributed by atoms with van der Waals surface area (Å²) in [4.78, 5) is 21.0. The number of hydrogen-bond donors (Lipinski definition) is 0. The molecule has 2 aromatic heterocycles. The second-order valence-corrected chi connectivity index (χ2v) is 7.94. The molecule has 0 radical (unpaired) electrons. The second kappa shape index (κ2) is 7.55. The highest BCUT2D eigenvalue weighted by atomic mass is 16.5. The van der Waals surface area contributed by atoms with E-state index < -0.39 is 0 Å². The molecule has 1 saturated carbocycles. The minimum atomic E-state index is -0.130. The lowest BCUT2D eigenvalue weighted by molar-refractivity contribution is -0.149. The largest absolute Gasteiger partial charge is 0.469 e. The summed E-state index contributed by atoms with van der Waals surface area (Å²) in [6.07, 6.45) is 9.29. The fourth-order valence-corrected chi connectivity index (χ4v) is 4.28. The van der Waals surface area contributed by atoms with Crippen molar-refractivity contribution in [1.29, 1.82) is 0 Å². The second-order valence-electron chi connectivity index (χ2n) is 7.94. The molecule has 0 atom stereocenters. The number of carbonyl (C=O) groups is 1. The molecule has 0 spiro atoms. The maximum absolute atomic E-state index is 11.6. The fraction of sp³-hybridized carbons (Fsp3) is 0.455. The molecule has 29 heavy (non-hydrogen) atoms. The van der Waals surface area contributed by atoms with Crippen LogP contribution in [0.5, 0.6) is 0 Å². The van der Waals surface area contributed by atoms with Gasteiger partial charge in [0.1, 0.15) is 0 Å². The summed E-state index contributed by atoms with van der Waals surface area (Å²) < 4.78 is 12.2. The first kappa shape index (κ1) is 18.2. The van der Waals surface area contributed by atoms with Crippen LogP contribution >= 0.6 is 0 Å². The average molecular weight is 392 g/mol. The number of esters is 1.